The minimum atomic E-state index is -4.47. The highest BCUT2D eigenvalue weighted by Crippen LogP contribution is 2.29. The van der Waals surface area contributed by atoms with Crippen LogP contribution in [0.2, 0.25) is 0 Å². The molecule has 6 nitrogen and oxygen atoms in total. The number of ether oxygens (including phenoxy) is 1. The fourth-order valence-electron chi connectivity index (χ4n) is 4.23. The summed E-state index contributed by atoms with van der Waals surface area (Å²) in [5.74, 6) is -1.79. The molecule has 2 aromatic rings. The Hall–Kier alpha value is -3.36. The molecule has 1 fully saturated rings. The molecule has 3 rings (SSSR count). The highest BCUT2D eigenvalue weighted by Gasteiger charge is 2.32. The predicted molar refractivity (Wildman–Crippen MR) is 125 cm³/mol. The minimum absolute atomic E-state index is 0.158. The van der Waals surface area contributed by atoms with E-state index in [0.29, 0.717) is 18.5 Å². The summed E-state index contributed by atoms with van der Waals surface area (Å²) in [7, 11) is 0. The number of esters is 1. The monoisotopic (exact) mass is 490 g/mol. The number of amides is 2. The van der Waals surface area contributed by atoms with Gasteiger partial charge in [-0.15, -0.1) is 0 Å². The number of rotatable bonds is 5. The molecule has 1 unspecified atom stereocenters. The Bertz CT molecular complexity index is 1080. The van der Waals surface area contributed by atoms with E-state index in [4.69, 9.17) is 4.74 Å². The van der Waals surface area contributed by atoms with E-state index in [9.17, 15) is 27.6 Å². The number of piperidine rings is 1. The molecule has 1 heterocycles. The highest BCUT2D eigenvalue weighted by atomic mass is 19.4. The van der Waals surface area contributed by atoms with Gasteiger partial charge in [-0.3, -0.25) is 14.4 Å². The van der Waals surface area contributed by atoms with Crippen LogP contribution in [0.5, 0.6) is 0 Å². The molecule has 188 valence electrons. The fourth-order valence-corrected chi connectivity index (χ4v) is 4.23. The molecular weight excluding hydrogens is 461 g/mol. The fraction of sp³-hybridized carbons (Fsp3) is 0.423. The Labute approximate surface area is 202 Å². The lowest BCUT2D eigenvalue weighted by Gasteiger charge is -2.31. The maximum Gasteiger partial charge on any atom is 0.416 e. The lowest BCUT2D eigenvalue weighted by atomic mass is 9.96. The number of aryl methyl sites for hydroxylation is 3. The van der Waals surface area contributed by atoms with Crippen molar-refractivity contribution in [2.75, 3.05) is 18.4 Å². The number of halogens is 3. The summed E-state index contributed by atoms with van der Waals surface area (Å²) in [6.45, 7) is 7.80. The third-order valence-corrected chi connectivity index (χ3v) is 6.16. The number of nitrogens with zero attached hydrogens (tertiary/aromatic N) is 1. The second kappa shape index (κ2) is 10.5. The normalized spacial score (nSPS) is 15.5. The molecule has 1 saturated heterocycles. The molecule has 9 heteroatoms. The summed E-state index contributed by atoms with van der Waals surface area (Å²) in [4.78, 5) is 39.3. The topological polar surface area (TPSA) is 75.7 Å². The molecule has 1 atom stereocenters. The molecule has 2 amide bonds. The second-order valence-corrected chi connectivity index (χ2v) is 8.98. The molecule has 35 heavy (non-hydrogen) atoms. The maximum absolute atomic E-state index is 12.7. The van der Waals surface area contributed by atoms with Gasteiger partial charge in [-0.25, -0.2) is 0 Å². The molecule has 0 spiro atoms. The van der Waals surface area contributed by atoms with Crippen LogP contribution in [0.3, 0.4) is 0 Å². The van der Waals surface area contributed by atoms with E-state index >= 15 is 0 Å². The van der Waals surface area contributed by atoms with Gasteiger partial charge in [0, 0.05) is 24.3 Å². The van der Waals surface area contributed by atoms with E-state index in [1.807, 2.05) is 32.9 Å². The summed E-state index contributed by atoms with van der Waals surface area (Å²) in [5, 5.41) is 2.83. The Kier molecular flexibility index (Phi) is 7.87. The van der Waals surface area contributed by atoms with Crippen molar-refractivity contribution >= 4 is 23.5 Å². The van der Waals surface area contributed by atoms with E-state index in [1.165, 1.54) is 11.8 Å². The standard InChI is InChI=1S/C26H29F3N2O4/c1-15-13-16(2)22(17(3)14-15)30-23(32)18(4)35-25(34)20-9-11-31(12-10-20)24(33)19-5-7-21(8-6-19)26(27,28)29/h5-8,13-14,18,20H,9-12H2,1-4H3,(H,30,32). The van der Waals surface area contributed by atoms with E-state index in [-0.39, 0.29) is 24.6 Å². The summed E-state index contributed by atoms with van der Waals surface area (Å²) >= 11 is 0. The van der Waals surface area contributed by atoms with Gasteiger partial charge in [-0.1, -0.05) is 17.7 Å². The molecule has 1 aliphatic rings. The zero-order valence-electron chi connectivity index (χ0n) is 20.2. The van der Waals surface area contributed by atoms with Crippen molar-refractivity contribution in [2.45, 2.75) is 52.8 Å². The summed E-state index contributed by atoms with van der Waals surface area (Å²) in [5.41, 5.74) is 2.95. The van der Waals surface area contributed by atoms with Crippen LogP contribution in [0, 0.1) is 26.7 Å². The van der Waals surface area contributed by atoms with Crippen molar-refractivity contribution in [1.29, 1.82) is 0 Å². The number of carbonyl (C=O) groups is 3. The van der Waals surface area contributed by atoms with Crippen molar-refractivity contribution in [2.24, 2.45) is 5.92 Å². The average Bonchev–Trinajstić information content (AvgIpc) is 2.80. The van der Waals surface area contributed by atoms with Gasteiger partial charge in [0.2, 0.25) is 0 Å². The lowest BCUT2D eigenvalue weighted by molar-refractivity contribution is -0.158. The van der Waals surface area contributed by atoms with Crippen LogP contribution in [0.25, 0.3) is 0 Å². The lowest BCUT2D eigenvalue weighted by Crippen LogP contribution is -2.41. The number of likely N-dealkylation sites (tertiary alicyclic amines) is 1. The second-order valence-electron chi connectivity index (χ2n) is 8.98. The van der Waals surface area contributed by atoms with Gasteiger partial charge in [0.1, 0.15) is 0 Å². The molecule has 0 aromatic heterocycles. The van der Waals surface area contributed by atoms with Crippen LogP contribution in [0.1, 0.15) is 52.4 Å². The van der Waals surface area contributed by atoms with E-state index in [2.05, 4.69) is 5.32 Å². The number of benzene rings is 2. The molecular formula is C26H29F3N2O4. The van der Waals surface area contributed by atoms with Gasteiger partial charge < -0.3 is 15.0 Å². The van der Waals surface area contributed by atoms with E-state index in [0.717, 1.165) is 41.0 Å². The molecule has 2 aromatic carbocycles. The van der Waals surface area contributed by atoms with Gasteiger partial charge in [0.05, 0.1) is 11.5 Å². The van der Waals surface area contributed by atoms with Crippen LogP contribution in [-0.4, -0.2) is 41.9 Å². The number of anilines is 1. The largest absolute Gasteiger partial charge is 0.452 e. The third-order valence-electron chi connectivity index (χ3n) is 6.16. The number of carbonyl (C=O) groups excluding carboxylic acids is 3. The molecule has 1 N–H and O–H groups in total. The van der Waals surface area contributed by atoms with Crippen molar-refractivity contribution < 1.29 is 32.3 Å². The zero-order valence-corrected chi connectivity index (χ0v) is 20.2. The number of hydrogen-bond donors (Lipinski definition) is 1. The third kappa shape index (κ3) is 6.41. The molecule has 0 saturated carbocycles. The molecule has 0 aliphatic carbocycles. The van der Waals surface area contributed by atoms with Gasteiger partial charge in [-0.05, 0) is 75.9 Å². The Morgan fingerprint density at radius 3 is 2.06 bits per heavy atom. The molecule has 0 radical (unpaired) electrons. The van der Waals surface area contributed by atoms with Crippen LogP contribution in [0.4, 0.5) is 18.9 Å². The van der Waals surface area contributed by atoms with Crippen molar-refractivity contribution in [3.8, 4) is 0 Å². The first-order valence-corrected chi connectivity index (χ1v) is 11.4. The van der Waals surface area contributed by atoms with Gasteiger partial charge in [0.15, 0.2) is 6.10 Å². The first-order valence-electron chi connectivity index (χ1n) is 11.4. The predicted octanol–water partition coefficient (Wildman–Crippen LogP) is 5.05. The summed E-state index contributed by atoms with van der Waals surface area (Å²) < 4.78 is 43.6. The van der Waals surface area contributed by atoms with Gasteiger partial charge in [-0.2, -0.15) is 13.2 Å². The minimum Gasteiger partial charge on any atom is -0.452 e. The SMILES string of the molecule is Cc1cc(C)c(NC(=O)C(C)OC(=O)C2CCN(C(=O)c3ccc(C(F)(F)F)cc3)CC2)c(C)c1. The Balaban J connectivity index is 1.51. The van der Waals surface area contributed by atoms with Gasteiger partial charge in [0.25, 0.3) is 11.8 Å². The number of nitrogens with one attached hydrogen (secondary N) is 1. The van der Waals surface area contributed by atoms with E-state index in [1.54, 1.807) is 0 Å². The van der Waals surface area contributed by atoms with Gasteiger partial charge >= 0.3 is 12.1 Å². The first-order chi connectivity index (χ1) is 16.4. The van der Waals surface area contributed by atoms with Crippen molar-refractivity contribution in [1.82, 2.24) is 4.90 Å². The van der Waals surface area contributed by atoms with Crippen LogP contribution in [-0.2, 0) is 20.5 Å². The van der Waals surface area contributed by atoms with Crippen LogP contribution >= 0.6 is 0 Å². The smallest absolute Gasteiger partial charge is 0.416 e. The summed E-state index contributed by atoms with van der Waals surface area (Å²) in [6, 6.07) is 7.98. The molecule has 1 aliphatic heterocycles. The quantitative estimate of drug-likeness (QED) is 0.595. The zero-order chi connectivity index (χ0) is 25.9. The Morgan fingerprint density at radius 1 is 1.00 bits per heavy atom. The van der Waals surface area contributed by atoms with Crippen molar-refractivity contribution in [3.05, 3.63) is 64.2 Å². The number of hydrogen-bond acceptors (Lipinski definition) is 4. The molecule has 0 bridgehead atoms. The Morgan fingerprint density at radius 2 is 1.54 bits per heavy atom. The first kappa shape index (κ1) is 26.2. The maximum atomic E-state index is 12.7. The van der Waals surface area contributed by atoms with Crippen LogP contribution in [0.15, 0.2) is 36.4 Å². The van der Waals surface area contributed by atoms with E-state index < -0.39 is 35.6 Å². The number of alkyl halides is 3. The highest BCUT2D eigenvalue weighted by molar-refractivity contribution is 5.96. The van der Waals surface area contributed by atoms with Crippen LogP contribution < -0.4 is 5.32 Å². The van der Waals surface area contributed by atoms with Crippen molar-refractivity contribution in [3.63, 3.8) is 0 Å². The summed E-state index contributed by atoms with van der Waals surface area (Å²) in [6.07, 6.45) is -4.77. The average molecular weight is 491 g/mol.